The molecule has 1 aromatic carbocycles. The normalized spacial score (nSPS) is 15.9. The van der Waals surface area contributed by atoms with Crippen molar-refractivity contribution in [3.05, 3.63) is 42.6 Å². The summed E-state index contributed by atoms with van der Waals surface area (Å²) in [5, 5.41) is 25.8. The van der Waals surface area contributed by atoms with Crippen LogP contribution in [0.5, 0.6) is 0 Å². The zero-order valence-corrected chi connectivity index (χ0v) is 8.49. The average Bonchev–Trinajstić information content (AvgIpc) is 2.25. The number of azo groups is 1. The van der Waals surface area contributed by atoms with Crippen LogP contribution in [0.2, 0.25) is 0 Å². The van der Waals surface area contributed by atoms with E-state index in [4.69, 9.17) is 5.11 Å². The van der Waals surface area contributed by atoms with E-state index in [1.165, 1.54) is 19.2 Å². The molecule has 0 aliphatic rings. The molecule has 0 aliphatic heterocycles. The van der Waals surface area contributed by atoms with E-state index >= 15 is 0 Å². The van der Waals surface area contributed by atoms with Gasteiger partial charge in [0.25, 0.3) is 0 Å². The van der Waals surface area contributed by atoms with E-state index in [1.54, 1.807) is 0 Å². The minimum Gasteiger partial charge on any atom is -0.390 e. The van der Waals surface area contributed by atoms with Crippen LogP contribution in [0, 0.1) is 0 Å². The number of hydrogen-bond donors (Lipinski definition) is 2. The van der Waals surface area contributed by atoms with Crippen molar-refractivity contribution >= 4 is 5.69 Å². The fourth-order valence-corrected chi connectivity index (χ4v) is 0.882. The molecule has 2 atom stereocenters. The summed E-state index contributed by atoms with van der Waals surface area (Å²) in [7, 11) is 0. The first-order chi connectivity index (χ1) is 7.20. The van der Waals surface area contributed by atoms with Gasteiger partial charge in [-0.05, 0) is 25.1 Å². The third-order valence-corrected chi connectivity index (χ3v) is 1.77. The van der Waals surface area contributed by atoms with Gasteiger partial charge < -0.3 is 10.2 Å². The van der Waals surface area contributed by atoms with Gasteiger partial charge in [0.1, 0.15) is 0 Å². The Balaban J connectivity index is 2.47. The predicted octanol–water partition coefficient (Wildman–Crippen LogP) is 2.03. The van der Waals surface area contributed by atoms with Crippen molar-refractivity contribution in [3.8, 4) is 0 Å². The van der Waals surface area contributed by atoms with Crippen LogP contribution in [-0.4, -0.2) is 22.4 Å². The van der Waals surface area contributed by atoms with Gasteiger partial charge in [0, 0.05) is 6.20 Å². The first-order valence-corrected chi connectivity index (χ1v) is 4.69. The lowest BCUT2D eigenvalue weighted by Gasteiger charge is -2.06. The van der Waals surface area contributed by atoms with Crippen LogP contribution in [-0.2, 0) is 0 Å². The third kappa shape index (κ3) is 4.49. The first kappa shape index (κ1) is 11.6. The van der Waals surface area contributed by atoms with Crippen molar-refractivity contribution in [1.82, 2.24) is 0 Å². The molecular formula is C11H14N2O2. The van der Waals surface area contributed by atoms with Crippen LogP contribution in [0.15, 0.2) is 52.8 Å². The number of nitrogens with zero attached hydrogens (tertiary/aromatic N) is 2. The van der Waals surface area contributed by atoms with Crippen molar-refractivity contribution in [2.45, 2.75) is 19.1 Å². The Labute approximate surface area is 88.6 Å². The van der Waals surface area contributed by atoms with E-state index in [2.05, 4.69) is 10.2 Å². The maximum atomic E-state index is 9.19. The van der Waals surface area contributed by atoms with E-state index in [9.17, 15) is 5.11 Å². The van der Waals surface area contributed by atoms with Crippen molar-refractivity contribution in [2.75, 3.05) is 0 Å². The third-order valence-electron chi connectivity index (χ3n) is 1.77. The quantitative estimate of drug-likeness (QED) is 0.740. The van der Waals surface area contributed by atoms with E-state index in [-0.39, 0.29) is 0 Å². The fourth-order valence-electron chi connectivity index (χ4n) is 0.882. The topological polar surface area (TPSA) is 65.2 Å². The number of rotatable bonds is 4. The highest BCUT2D eigenvalue weighted by Crippen LogP contribution is 2.10. The second-order valence-corrected chi connectivity index (χ2v) is 3.12. The van der Waals surface area contributed by atoms with Crippen LogP contribution < -0.4 is 0 Å². The standard InChI is InChI=1S/C11H14N2O2/c1-9(14)11(15)7-8-12-13-10-5-3-2-4-6-10/h2-9,11,14-15H,1H3/b8-7+,13-12?/t9-,11-/m1/s1. The van der Waals surface area contributed by atoms with Gasteiger partial charge in [0.05, 0.1) is 17.9 Å². The van der Waals surface area contributed by atoms with Gasteiger partial charge >= 0.3 is 0 Å². The van der Waals surface area contributed by atoms with Gasteiger partial charge in [-0.25, -0.2) is 0 Å². The number of aliphatic hydroxyl groups excluding tert-OH is 2. The summed E-state index contributed by atoms with van der Waals surface area (Å²) in [4.78, 5) is 0. The van der Waals surface area contributed by atoms with Crippen LogP contribution in [0.25, 0.3) is 0 Å². The smallest absolute Gasteiger partial charge is 0.0995 e. The fraction of sp³-hybridized carbons (Fsp3) is 0.273. The summed E-state index contributed by atoms with van der Waals surface area (Å²) in [6, 6.07) is 9.27. The Bertz CT molecular complexity index is 334. The largest absolute Gasteiger partial charge is 0.390 e. The zero-order chi connectivity index (χ0) is 11.1. The molecule has 0 aromatic heterocycles. The highest BCUT2D eigenvalue weighted by atomic mass is 16.3. The van der Waals surface area contributed by atoms with E-state index in [0.717, 1.165) is 5.69 Å². The molecule has 1 aromatic rings. The monoisotopic (exact) mass is 206 g/mol. The number of aliphatic hydroxyl groups is 2. The van der Waals surface area contributed by atoms with Gasteiger partial charge in [-0.1, -0.05) is 18.2 Å². The summed E-state index contributed by atoms with van der Waals surface area (Å²) in [5.74, 6) is 0. The Kier molecular flexibility index (Phi) is 4.66. The molecule has 0 unspecified atom stereocenters. The van der Waals surface area contributed by atoms with Crippen molar-refractivity contribution in [2.24, 2.45) is 10.2 Å². The molecule has 4 nitrogen and oxygen atoms in total. The number of benzene rings is 1. The summed E-state index contributed by atoms with van der Waals surface area (Å²) >= 11 is 0. The minimum absolute atomic E-state index is 0.744. The molecule has 1 rings (SSSR count). The highest BCUT2D eigenvalue weighted by Gasteiger charge is 2.04. The van der Waals surface area contributed by atoms with E-state index < -0.39 is 12.2 Å². The summed E-state index contributed by atoms with van der Waals surface area (Å²) in [6.45, 7) is 1.50. The molecule has 0 spiro atoms. The molecule has 2 N–H and O–H groups in total. The zero-order valence-electron chi connectivity index (χ0n) is 8.49. The molecule has 80 valence electrons. The summed E-state index contributed by atoms with van der Waals surface area (Å²) in [5.41, 5.74) is 0.744. The minimum atomic E-state index is -0.903. The van der Waals surface area contributed by atoms with Crippen LogP contribution in [0.4, 0.5) is 5.69 Å². The van der Waals surface area contributed by atoms with Crippen molar-refractivity contribution in [3.63, 3.8) is 0 Å². The van der Waals surface area contributed by atoms with Crippen molar-refractivity contribution in [1.29, 1.82) is 0 Å². The lowest BCUT2D eigenvalue weighted by Crippen LogP contribution is -2.19. The van der Waals surface area contributed by atoms with Crippen LogP contribution in [0.3, 0.4) is 0 Å². The SMILES string of the molecule is C[C@@H](O)[C@H](O)/C=C/N=Nc1ccccc1. The molecule has 0 fully saturated rings. The second kappa shape index (κ2) is 6.06. The summed E-state index contributed by atoms with van der Waals surface area (Å²) in [6.07, 6.45) is 1.05. The van der Waals surface area contributed by atoms with Crippen LogP contribution in [0.1, 0.15) is 6.92 Å². The van der Waals surface area contributed by atoms with E-state index in [1.807, 2.05) is 30.3 Å². The maximum absolute atomic E-state index is 9.19. The first-order valence-electron chi connectivity index (χ1n) is 4.69. The van der Waals surface area contributed by atoms with Gasteiger partial charge in [0.2, 0.25) is 0 Å². The molecular weight excluding hydrogens is 192 g/mol. The van der Waals surface area contributed by atoms with Crippen LogP contribution >= 0.6 is 0 Å². The molecule has 0 saturated carbocycles. The Hall–Kier alpha value is -1.52. The Morgan fingerprint density at radius 3 is 2.47 bits per heavy atom. The highest BCUT2D eigenvalue weighted by molar-refractivity contribution is 5.34. The molecule has 0 heterocycles. The van der Waals surface area contributed by atoms with E-state index in [0.29, 0.717) is 0 Å². The average molecular weight is 206 g/mol. The lowest BCUT2D eigenvalue weighted by atomic mass is 10.2. The molecule has 0 amide bonds. The predicted molar refractivity (Wildman–Crippen MR) is 57.8 cm³/mol. The van der Waals surface area contributed by atoms with Gasteiger partial charge in [0.15, 0.2) is 0 Å². The van der Waals surface area contributed by atoms with Crippen molar-refractivity contribution < 1.29 is 10.2 Å². The van der Waals surface area contributed by atoms with Gasteiger partial charge in [-0.15, -0.1) is 0 Å². The van der Waals surface area contributed by atoms with Gasteiger partial charge in [-0.2, -0.15) is 10.2 Å². The molecule has 0 radical (unpaired) electrons. The number of hydrogen-bond acceptors (Lipinski definition) is 4. The molecule has 0 saturated heterocycles. The summed E-state index contributed by atoms with van der Waals surface area (Å²) < 4.78 is 0. The molecule has 0 aliphatic carbocycles. The molecule has 15 heavy (non-hydrogen) atoms. The molecule has 4 heteroatoms. The van der Waals surface area contributed by atoms with Gasteiger partial charge in [-0.3, -0.25) is 0 Å². The Morgan fingerprint density at radius 2 is 1.87 bits per heavy atom. The lowest BCUT2D eigenvalue weighted by molar-refractivity contribution is 0.0618. The Morgan fingerprint density at radius 1 is 1.20 bits per heavy atom. The maximum Gasteiger partial charge on any atom is 0.0995 e. The molecule has 0 bridgehead atoms. The second-order valence-electron chi connectivity index (χ2n) is 3.12.